The number of fused-ring (bicyclic) bond motifs is 6. The lowest BCUT2D eigenvalue weighted by Crippen LogP contribution is -2.61. The molecule has 2 nitrogen and oxygen atoms in total. The van der Waals surface area contributed by atoms with Gasteiger partial charge in [-0.1, -0.05) is 246 Å². The summed E-state index contributed by atoms with van der Waals surface area (Å²) >= 11 is 0. The lowest BCUT2D eigenvalue weighted by atomic mass is 9.33. The van der Waals surface area contributed by atoms with Crippen LogP contribution in [-0.2, 0) is 10.8 Å². The molecule has 77 heavy (non-hydrogen) atoms. The first-order valence-corrected chi connectivity index (χ1v) is 27.1. The normalized spacial score (nSPS) is 12.9. The van der Waals surface area contributed by atoms with Crippen LogP contribution in [0.1, 0.15) is 49.9 Å². The summed E-state index contributed by atoms with van der Waals surface area (Å²) in [6, 6.07) is 102. The van der Waals surface area contributed by atoms with Crippen molar-refractivity contribution in [2.45, 2.75) is 38.5 Å². The Kier molecular flexibility index (Phi) is 11.0. The first kappa shape index (κ1) is 46.4. The van der Waals surface area contributed by atoms with E-state index in [9.17, 15) is 0 Å². The van der Waals surface area contributed by atoms with E-state index in [0.717, 1.165) is 16.9 Å². The van der Waals surface area contributed by atoms with Crippen molar-refractivity contribution in [3.8, 4) is 33.4 Å². The van der Waals surface area contributed by atoms with Gasteiger partial charge in [0.2, 0.25) is 0 Å². The van der Waals surface area contributed by atoms with E-state index in [1.165, 1.54) is 111 Å². The molecule has 0 fully saturated rings. The Balaban J connectivity index is 1.09. The van der Waals surface area contributed by atoms with Crippen LogP contribution in [0.2, 0.25) is 0 Å². The van der Waals surface area contributed by atoms with E-state index in [4.69, 9.17) is 0 Å². The summed E-state index contributed by atoms with van der Waals surface area (Å²) in [5.74, 6) is 0. The van der Waals surface area contributed by atoms with Gasteiger partial charge >= 0.3 is 0 Å². The third-order valence-corrected chi connectivity index (χ3v) is 17.0. The molecule has 12 aromatic carbocycles. The van der Waals surface area contributed by atoms with Crippen molar-refractivity contribution in [2.24, 2.45) is 0 Å². The second kappa shape index (κ2) is 18.3. The number of para-hydroxylation sites is 3. The van der Waals surface area contributed by atoms with E-state index in [0.29, 0.717) is 0 Å². The minimum Gasteiger partial charge on any atom is -0.311 e. The van der Waals surface area contributed by atoms with E-state index in [1.54, 1.807) is 0 Å². The topological polar surface area (TPSA) is 6.48 Å². The maximum atomic E-state index is 2.57. The van der Waals surface area contributed by atoms with Gasteiger partial charge in [0.05, 0.1) is 0 Å². The summed E-state index contributed by atoms with van der Waals surface area (Å²) in [4.78, 5) is 5.09. The van der Waals surface area contributed by atoms with Gasteiger partial charge < -0.3 is 9.80 Å². The monoisotopic (exact) mass is 984 g/mol. The van der Waals surface area contributed by atoms with Crippen LogP contribution in [0.4, 0.5) is 34.1 Å². The first-order chi connectivity index (χ1) is 37.7. The predicted octanol–water partition coefficient (Wildman–Crippen LogP) is 17.7. The average molecular weight is 985 g/mol. The molecule has 0 bridgehead atoms. The van der Waals surface area contributed by atoms with Gasteiger partial charge in [-0.25, -0.2) is 0 Å². The van der Waals surface area contributed by atoms with Gasteiger partial charge in [0, 0.05) is 45.0 Å². The SMILES string of the molecule is CC(C)(c1ccccc1)c1cc(-c2cc3c4c(c2)N(c2ccccc2)c2cc(C(C)(C)c5ccccc5)ccc2B4c2ccccc2N3c2ccccc2)cc(-c2c3ccccc3c(-c3ccccc3)c3ccccc23)c1. The summed E-state index contributed by atoms with van der Waals surface area (Å²) in [6.45, 7) is 9.48. The van der Waals surface area contributed by atoms with Crippen molar-refractivity contribution in [3.63, 3.8) is 0 Å². The number of hydrogen-bond acceptors (Lipinski definition) is 2. The van der Waals surface area contributed by atoms with Gasteiger partial charge in [-0.2, -0.15) is 0 Å². The van der Waals surface area contributed by atoms with E-state index in [1.807, 2.05) is 0 Å². The van der Waals surface area contributed by atoms with Gasteiger partial charge in [0.15, 0.2) is 0 Å². The zero-order chi connectivity index (χ0) is 51.8. The Morgan fingerprint density at radius 3 is 1.22 bits per heavy atom. The maximum absolute atomic E-state index is 2.57. The van der Waals surface area contributed by atoms with Crippen molar-refractivity contribution in [1.82, 2.24) is 0 Å². The van der Waals surface area contributed by atoms with Crippen LogP contribution in [0.15, 0.2) is 273 Å². The number of rotatable bonds is 9. The smallest absolute Gasteiger partial charge is 0.252 e. The molecule has 0 aliphatic carbocycles. The Morgan fingerprint density at radius 2 is 0.675 bits per heavy atom. The van der Waals surface area contributed by atoms with Crippen LogP contribution in [-0.4, -0.2) is 6.71 Å². The molecule has 0 amide bonds. The molecule has 2 aliphatic heterocycles. The highest BCUT2D eigenvalue weighted by atomic mass is 15.2. The molecule has 3 heteroatoms. The van der Waals surface area contributed by atoms with Crippen molar-refractivity contribution in [2.75, 3.05) is 9.80 Å². The van der Waals surface area contributed by atoms with Crippen LogP contribution < -0.4 is 26.2 Å². The minimum atomic E-state index is -0.346. The molecule has 2 aliphatic rings. The summed E-state index contributed by atoms with van der Waals surface area (Å²) in [7, 11) is 0. The first-order valence-electron chi connectivity index (χ1n) is 27.1. The third kappa shape index (κ3) is 7.55. The second-order valence-electron chi connectivity index (χ2n) is 22.0. The Morgan fingerprint density at radius 1 is 0.273 bits per heavy atom. The van der Waals surface area contributed by atoms with E-state index < -0.39 is 0 Å². The number of anilines is 6. The molecule has 14 rings (SSSR count). The molecule has 12 aromatic rings. The molecular formula is C74H57BN2. The molecule has 0 saturated heterocycles. The summed E-state index contributed by atoms with van der Waals surface area (Å²) < 4.78 is 0. The van der Waals surface area contributed by atoms with E-state index in [2.05, 4.69) is 310 Å². The Bertz CT molecular complexity index is 4150. The van der Waals surface area contributed by atoms with Crippen molar-refractivity contribution in [3.05, 3.63) is 295 Å². The van der Waals surface area contributed by atoms with E-state index >= 15 is 0 Å². The Hall–Kier alpha value is -9.18. The zero-order valence-electron chi connectivity index (χ0n) is 44.0. The van der Waals surface area contributed by atoms with Crippen LogP contribution in [0.3, 0.4) is 0 Å². The maximum Gasteiger partial charge on any atom is 0.252 e. The van der Waals surface area contributed by atoms with Gasteiger partial charge in [0.25, 0.3) is 6.71 Å². The summed E-state index contributed by atoms with van der Waals surface area (Å²) in [5, 5.41) is 4.97. The summed E-state index contributed by atoms with van der Waals surface area (Å²) in [5.41, 5.74) is 22.7. The Labute approximate surface area is 453 Å². The molecule has 0 radical (unpaired) electrons. The molecular weight excluding hydrogens is 928 g/mol. The standard InChI is InChI=1S/C74H57BN2/c1-73(2,54-28-12-6-13-29-54)56-42-43-65-67(49-56)77(59-34-18-9-19-35-59)69-48-52(47-68-72(69)75(65)64-40-24-25-41-66(64)76(68)58-32-16-8-17-33-58)51-44-53(46-57(45-51)74(3,4)55-30-14-7-15-31-55)71-62-38-22-20-36-60(62)70(50-26-10-5-11-27-50)61-37-21-23-39-63(61)71/h5-49H,1-4H3. The molecule has 0 spiro atoms. The quantitative estimate of drug-likeness (QED) is 0.105. The third-order valence-electron chi connectivity index (χ3n) is 17.0. The molecule has 0 aromatic heterocycles. The number of nitrogens with zero attached hydrogens (tertiary/aromatic N) is 2. The largest absolute Gasteiger partial charge is 0.311 e. The number of hydrogen-bond donors (Lipinski definition) is 0. The van der Waals surface area contributed by atoms with Gasteiger partial charge in [-0.3, -0.25) is 0 Å². The van der Waals surface area contributed by atoms with Gasteiger partial charge in [0.1, 0.15) is 0 Å². The minimum absolute atomic E-state index is 0.0196. The highest BCUT2D eigenvalue weighted by Crippen LogP contribution is 2.50. The van der Waals surface area contributed by atoms with Crippen molar-refractivity contribution >= 4 is 78.8 Å². The molecule has 0 atom stereocenters. The van der Waals surface area contributed by atoms with Crippen LogP contribution in [0, 0.1) is 0 Å². The number of benzene rings is 12. The predicted molar refractivity (Wildman–Crippen MR) is 329 cm³/mol. The van der Waals surface area contributed by atoms with Crippen LogP contribution >= 0.6 is 0 Å². The molecule has 0 N–H and O–H groups in total. The molecule has 366 valence electrons. The van der Waals surface area contributed by atoms with E-state index in [-0.39, 0.29) is 17.5 Å². The lowest BCUT2D eigenvalue weighted by Gasteiger charge is -2.45. The van der Waals surface area contributed by atoms with Gasteiger partial charge in [-0.15, -0.1) is 0 Å². The molecule has 0 unspecified atom stereocenters. The van der Waals surface area contributed by atoms with Gasteiger partial charge in [-0.05, 0) is 148 Å². The fourth-order valence-corrected chi connectivity index (χ4v) is 12.9. The highest BCUT2D eigenvalue weighted by molar-refractivity contribution is 7.00. The van der Waals surface area contributed by atoms with Crippen molar-refractivity contribution in [1.29, 1.82) is 0 Å². The summed E-state index contributed by atoms with van der Waals surface area (Å²) in [6.07, 6.45) is 0. The van der Waals surface area contributed by atoms with Crippen LogP contribution in [0.5, 0.6) is 0 Å². The second-order valence-corrected chi connectivity index (χ2v) is 22.0. The average Bonchev–Trinajstić information content (AvgIpc) is 3.64. The van der Waals surface area contributed by atoms with Crippen molar-refractivity contribution < 1.29 is 0 Å². The molecule has 0 saturated carbocycles. The zero-order valence-corrected chi connectivity index (χ0v) is 44.0. The van der Waals surface area contributed by atoms with Crippen LogP contribution in [0.25, 0.3) is 54.9 Å². The fourth-order valence-electron chi connectivity index (χ4n) is 12.9. The fraction of sp³-hybridized carbons (Fsp3) is 0.0811. The lowest BCUT2D eigenvalue weighted by molar-refractivity contribution is 0.641. The highest BCUT2D eigenvalue weighted by Gasteiger charge is 2.44. The molecule has 2 heterocycles.